The molecule has 1 N–H and O–H groups in total. The number of para-hydroxylation sites is 1. The standard InChI is InChI=1S/C15H15BrN2O3S2/c16-13-8-9-14(22-13)23(20,21)18-10-4-7-12(18)15(19)17-11-5-2-1-3-6-11/h1-3,5-6,8-9,12H,4,7,10H2,(H,17,19)/t12-/m0/s1. The van der Waals surface area contributed by atoms with Crippen LogP contribution in [0.5, 0.6) is 0 Å². The van der Waals surface area contributed by atoms with Crippen molar-refractivity contribution in [3.63, 3.8) is 0 Å². The fraction of sp³-hybridized carbons (Fsp3) is 0.267. The first-order chi connectivity index (χ1) is 11.0. The van der Waals surface area contributed by atoms with Gasteiger partial charge in [-0.1, -0.05) is 18.2 Å². The predicted octanol–water partition coefficient (Wildman–Crippen LogP) is 3.30. The second-order valence-electron chi connectivity index (χ2n) is 5.19. The van der Waals surface area contributed by atoms with E-state index < -0.39 is 16.1 Å². The van der Waals surface area contributed by atoms with Crippen LogP contribution in [0, 0.1) is 0 Å². The summed E-state index contributed by atoms with van der Waals surface area (Å²) in [6.07, 6.45) is 1.21. The number of thiophene rings is 1. The van der Waals surface area contributed by atoms with Crippen LogP contribution in [-0.4, -0.2) is 31.2 Å². The van der Waals surface area contributed by atoms with Crippen molar-refractivity contribution >= 4 is 48.9 Å². The summed E-state index contributed by atoms with van der Waals surface area (Å²) in [5.74, 6) is -0.284. The van der Waals surface area contributed by atoms with E-state index in [4.69, 9.17) is 0 Å². The summed E-state index contributed by atoms with van der Waals surface area (Å²) in [5.41, 5.74) is 0.667. The molecule has 1 aromatic heterocycles. The van der Waals surface area contributed by atoms with Crippen molar-refractivity contribution in [1.82, 2.24) is 4.31 Å². The fourth-order valence-electron chi connectivity index (χ4n) is 2.59. The SMILES string of the molecule is O=C(Nc1ccccc1)[C@@H]1CCCN1S(=O)(=O)c1ccc(Br)s1. The van der Waals surface area contributed by atoms with Gasteiger partial charge < -0.3 is 5.32 Å². The Morgan fingerprint density at radius 1 is 1.22 bits per heavy atom. The summed E-state index contributed by atoms with van der Waals surface area (Å²) >= 11 is 4.43. The number of hydrogen-bond donors (Lipinski definition) is 1. The monoisotopic (exact) mass is 414 g/mol. The van der Waals surface area contributed by atoms with Crippen LogP contribution < -0.4 is 5.32 Å². The normalized spacial score (nSPS) is 18.9. The highest BCUT2D eigenvalue weighted by Crippen LogP contribution is 2.32. The molecule has 0 radical (unpaired) electrons. The maximum atomic E-state index is 12.8. The van der Waals surface area contributed by atoms with Gasteiger partial charge in [0.2, 0.25) is 5.91 Å². The number of amides is 1. The number of nitrogens with one attached hydrogen (secondary N) is 1. The lowest BCUT2D eigenvalue weighted by molar-refractivity contribution is -0.119. The topological polar surface area (TPSA) is 66.5 Å². The van der Waals surface area contributed by atoms with Gasteiger partial charge in [-0.15, -0.1) is 11.3 Å². The predicted molar refractivity (Wildman–Crippen MR) is 94.0 cm³/mol. The van der Waals surface area contributed by atoms with Crippen molar-refractivity contribution in [2.24, 2.45) is 0 Å². The highest BCUT2D eigenvalue weighted by molar-refractivity contribution is 9.11. The molecular formula is C15H15BrN2O3S2. The Hall–Kier alpha value is -1.22. The first-order valence-electron chi connectivity index (χ1n) is 7.11. The van der Waals surface area contributed by atoms with Gasteiger partial charge in [-0.25, -0.2) is 8.42 Å². The Balaban J connectivity index is 1.81. The third-order valence-electron chi connectivity index (χ3n) is 3.66. The summed E-state index contributed by atoms with van der Waals surface area (Å²) in [7, 11) is -3.64. The first-order valence-corrected chi connectivity index (χ1v) is 10.2. The highest BCUT2D eigenvalue weighted by atomic mass is 79.9. The lowest BCUT2D eigenvalue weighted by Crippen LogP contribution is -2.42. The van der Waals surface area contributed by atoms with Crippen molar-refractivity contribution in [2.45, 2.75) is 23.1 Å². The molecule has 0 spiro atoms. The molecule has 0 aliphatic carbocycles. The van der Waals surface area contributed by atoms with Crippen molar-refractivity contribution in [1.29, 1.82) is 0 Å². The number of rotatable bonds is 4. The molecule has 1 aliphatic heterocycles. The number of carbonyl (C=O) groups is 1. The fourth-order valence-corrected chi connectivity index (χ4v) is 6.38. The molecule has 5 nitrogen and oxygen atoms in total. The molecule has 3 rings (SSSR count). The minimum absolute atomic E-state index is 0.254. The van der Waals surface area contributed by atoms with Crippen molar-refractivity contribution in [3.8, 4) is 0 Å². The molecule has 0 bridgehead atoms. The third kappa shape index (κ3) is 3.50. The van der Waals surface area contributed by atoms with Gasteiger partial charge >= 0.3 is 0 Å². The van der Waals surface area contributed by atoms with E-state index in [9.17, 15) is 13.2 Å². The number of halogens is 1. The molecule has 1 aliphatic rings. The van der Waals surface area contributed by atoms with E-state index in [0.717, 1.165) is 15.1 Å². The number of anilines is 1. The average Bonchev–Trinajstić information content (AvgIpc) is 3.17. The summed E-state index contributed by atoms with van der Waals surface area (Å²) in [4.78, 5) is 12.5. The van der Waals surface area contributed by atoms with Crippen LogP contribution in [0.4, 0.5) is 5.69 Å². The minimum Gasteiger partial charge on any atom is -0.325 e. The Labute approximate surface area is 147 Å². The minimum atomic E-state index is -3.64. The van der Waals surface area contributed by atoms with E-state index >= 15 is 0 Å². The number of nitrogens with zero attached hydrogens (tertiary/aromatic N) is 1. The van der Waals surface area contributed by atoms with Gasteiger partial charge in [-0.05, 0) is 53.0 Å². The highest BCUT2D eigenvalue weighted by Gasteiger charge is 2.40. The van der Waals surface area contributed by atoms with E-state index in [0.29, 0.717) is 25.1 Å². The summed E-state index contributed by atoms with van der Waals surface area (Å²) < 4.78 is 27.8. The molecule has 8 heteroatoms. The molecule has 0 unspecified atom stereocenters. The average molecular weight is 415 g/mol. The largest absolute Gasteiger partial charge is 0.325 e. The van der Waals surface area contributed by atoms with Crippen LogP contribution >= 0.6 is 27.3 Å². The Morgan fingerprint density at radius 3 is 2.61 bits per heavy atom. The van der Waals surface area contributed by atoms with Gasteiger partial charge in [-0.3, -0.25) is 4.79 Å². The van der Waals surface area contributed by atoms with Crippen LogP contribution in [0.25, 0.3) is 0 Å². The quantitative estimate of drug-likeness (QED) is 0.834. The second kappa shape index (κ2) is 6.72. The summed E-state index contributed by atoms with van der Waals surface area (Å²) in [5, 5.41) is 2.79. The lowest BCUT2D eigenvalue weighted by Gasteiger charge is -2.22. The van der Waals surface area contributed by atoms with Crippen LogP contribution in [0.2, 0.25) is 0 Å². The Kier molecular flexibility index (Phi) is 4.86. The molecule has 0 saturated carbocycles. The molecule has 2 heterocycles. The maximum absolute atomic E-state index is 12.8. The van der Waals surface area contributed by atoms with E-state index in [-0.39, 0.29) is 10.1 Å². The Bertz CT molecular complexity index is 805. The third-order valence-corrected chi connectivity index (χ3v) is 7.66. The number of hydrogen-bond acceptors (Lipinski definition) is 4. The van der Waals surface area contributed by atoms with Crippen LogP contribution in [0.15, 0.2) is 50.5 Å². The number of benzene rings is 1. The van der Waals surface area contributed by atoms with Crippen molar-refractivity contribution in [2.75, 3.05) is 11.9 Å². The van der Waals surface area contributed by atoms with Gasteiger partial charge in [-0.2, -0.15) is 4.31 Å². The Morgan fingerprint density at radius 2 is 1.96 bits per heavy atom. The smallest absolute Gasteiger partial charge is 0.253 e. The zero-order valence-electron chi connectivity index (χ0n) is 12.1. The van der Waals surface area contributed by atoms with E-state index in [2.05, 4.69) is 21.2 Å². The zero-order chi connectivity index (χ0) is 16.4. The van der Waals surface area contributed by atoms with E-state index in [1.54, 1.807) is 24.3 Å². The van der Waals surface area contributed by atoms with Crippen LogP contribution in [0.3, 0.4) is 0 Å². The summed E-state index contributed by atoms with van der Waals surface area (Å²) in [6.45, 7) is 0.366. The molecule has 1 atom stereocenters. The van der Waals surface area contributed by atoms with E-state index in [1.165, 1.54) is 4.31 Å². The number of carbonyl (C=O) groups excluding carboxylic acids is 1. The maximum Gasteiger partial charge on any atom is 0.253 e. The van der Waals surface area contributed by atoms with Crippen LogP contribution in [0.1, 0.15) is 12.8 Å². The second-order valence-corrected chi connectivity index (χ2v) is 9.77. The molecule has 1 aromatic carbocycles. The van der Waals surface area contributed by atoms with Gasteiger partial charge in [0.05, 0.1) is 3.79 Å². The van der Waals surface area contributed by atoms with Gasteiger partial charge in [0.1, 0.15) is 10.3 Å². The van der Waals surface area contributed by atoms with Gasteiger partial charge in [0.25, 0.3) is 10.0 Å². The van der Waals surface area contributed by atoms with E-state index in [1.807, 2.05) is 18.2 Å². The number of sulfonamides is 1. The molecule has 2 aromatic rings. The summed E-state index contributed by atoms with van der Waals surface area (Å²) in [6, 6.07) is 11.7. The lowest BCUT2D eigenvalue weighted by atomic mass is 10.2. The molecule has 122 valence electrons. The first kappa shape index (κ1) is 16.6. The molecule has 1 saturated heterocycles. The van der Waals surface area contributed by atoms with Crippen molar-refractivity contribution < 1.29 is 13.2 Å². The molecule has 1 fully saturated rings. The molecule has 1 amide bonds. The molecular weight excluding hydrogens is 400 g/mol. The zero-order valence-corrected chi connectivity index (χ0v) is 15.3. The van der Waals surface area contributed by atoms with Crippen molar-refractivity contribution in [3.05, 3.63) is 46.3 Å². The van der Waals surface area contributed by atoms with Crippen LogP contribution in [-0.2, 0) is 14.8 Å². The molecule has 23 heavy (non-hydrogen) atoms. The van der Waals surface area contributed by atoms with Gasteiger partial charge in [0.15, 0.2) is 0 Å². The van der Waals surface area contributed by atoms with Gasteiger partial charge in [0, 0.05) is 12.2 Å².